The minimum atomic E-state index is -4.30. The number of alkyl halides is 3. The topological polar surface area (TPSA) is 68.0 Å². The van der Waals surface area contributed by atoms with E-state index in [1.807, 2.05) is 53.1 Å². The molecule has 0 aliphatic rings. The Balaban J connectivity index is 1.53. The van der Waals surface area contributed by atoms with E-state index >= 15 is 0 Å². The fourth-order valence-corrected chi connectivity index (χ4v) is 4.95. The van der Waals surface area contributed by atoms with Crippen molar-refractivity contribution >= 4 is 17.3 Å². The second-order valence-corrected chi connectivity index (χ2v) is 10.7. The summed E-state index contributed by atoms with van der Waals surface area (Å²) >= 11 is 0. The zero-order valence-corrected chi connectivity index (χ0v) is 23.2. The van der Waals surface area contributed by atoms with Crippen molar-refractivity contribution in [3.63, 3.8) is 0 Å². The van der Waals surface area contributed by atoms with Crippen molar-refractivity contribution in [2.45, 2.75) is 64.7 Å². The number of carboxylic acids is 1. The molecule has 4 aromatic rings. The standard InChI is InChI=1S/C33H34F3NO4/c1-22(2)20-23-9-11-24(12-10-23)30(17-18-33(34,35)36)41-27-15-13-25(14-16-27)32(40)28-21-26(6-5-8-31(38)39)37-19-4-3-7-29(28)37/h3-4,7,9-16,19,21-22,30H,5-6,8,17-18,20H2,1-2H3,(H,38,39). The number of aliphatic carboxylic acids is 1. The van der Waals surface area contributed by atoms with Gasteiger partial charge in [0.25, 0.3) is 0 Å². The largest absolute Gasteiger partial charge is 0.486 e. The minimum Gasteiger partial charge on any atom is -0.486 e. The molecule has 0 amide bonds. The number of pyridine rings is 1. The molecule has 0 saturated carbocycles. The summed E-state index contributed by atoms with van der Waals surface area (Å²) < 4.78 is 47.2. The second kappa shape index (κ2) is 13.1. The van der Waals surface area contributed by atoms with Gasteiger partial charge in [-0.2, -0.15) is 13.2 Å². The molecule has 0 aliphatic heterocycles. The fraction of sp³-hybridized carbons (Fsp3) is 0.333. The zero-order chi connectivity index (χ0) is 29.6. The molecule has 2 heterocycles. The average Bonchev–Trinajstić information content (AvgIpc) is 3.29. The molecule has 0 fully saturated rings. The third kappa shape index (κ3) is 8.22. The first-order chi connectivity index (χ1) is 19.5. The Labute approximate surface area is 237 Å². The molecule has 0 saturated heterocycles. The minimum absolute atomic E-state index is 0.0386. The second-order valence-electron chi connectivity index (χ2n) is 10.7. The summed E-state index contributed by atoms with van der Waals surface area (Å²) in [5.74, 6) is -0.240. The summed E-state index contributed by atoms with van der Waals surface area (Å²) in [6.45, 7) is 4.22. The molecule has 2 aromatic carbocycles. The first-order valence-corrected chi connectivity index (χ1v) is 13.8. The number of nitrogens with zero attached hydrogens (tertiary/aromatic N) is 1. The van der Waals surface area contributed by atoms with Crippen molar-refractivity contribution in [2.75, 3.05) is 0 Å². The van der Waals surface area contributed by atoms with Crippen LogP contribution in [0.4, 0.5) is 13.2 Å². The van der Waals surface area contributed by atoms with E-state index in [0.717, 1.165) is 23.2 Å². The molecular weight excluding hydrogens is 531 g/mol. The molecule has 216 valence electrons. The smallest absolute Gasteiger partial charge is 0.389 e. The van der Waals surface area contributed by atoms with Crippen molar-refractivity contribution < 1.29 is 32.6 Å². The lowest BCUT2D eigenvalue weighted by atomic mass is 9.98. The van der Waals surface area contributed by atoms with Gasteiger partial charge < -0.3 is 14.2 Å². The Morgan fingerprint density at radius 1 is 0.976 bits per heavy atom. The van der Waals surface area contributed by atoms with Gasteiger partial charge in [-0.3, -0.25) is 9.59 Å². The van der Waals surface area contributed by atoms with Crippen LogP contribution in [0.3, 0.4) is 0 Å². The van der Waals surface area contributed by atoms with Gasteiger partial charge in [0.15, 0.2) is 5.78 Å². The van der Waals surface area contributed by atoms with E-state index in [2.05, 4.69) is 13.8 Å². The number of carbonyl (C=O) groups excluding carboxylic acids is 1. The summed E-state index contributed by atoms with van der Waals surface area (Å²) in [4.78, 5) is 24.4. The third-order valence-electron chi connectivity index (χ3n) is 6.90. The lowest BCUT2D eigenvalue weighted by Gasteiger charge is -2.21. The van der Waals surface area contributed by atoms with Crippen LogP contribution < -0.4 is 4.74 Å². The highest BCUT2D eigenvalue weighted by Gasteiger charge is 2.29. The number of rotatable bonds is 13. The van der Waals surface area contributed by atoms with Crippen molar-refractivity contribution in [1.29, 1.82) is 0 Å². The van der Waals surface area contributed by atoms with Crippen LogP contribution in [0.25, 0.3) is 5.52 Å². The summed E-state index contributed by atoms with van der Waals surface area (Å²) in [6, 6.07) is 21.2. The molecule has 1 unspecified atom stereocenters. The van der Waals surface area contributed by atoms with Crippen molar-refractivity contribution in [2.24, 2.45) is 5.92 Å². The molecule has 0 radical (unpaired) electrons. The highest BCUT2D eigenvalue weighted by Crippen LogP contribution is 2.32. The van der Waals surface area contributed by atoms with E-state index in [9.17, 15) is 22.8 Å². The van der Waals surface area contributed by atoms with E-state index in [1.54, 1.807) is 30.3 Å². The maximum atomic E-state index is 13.5. The van der Waals surface area contributed by atoms with Gasteiger partial charge in [-0.15, -0.1) is 0 Å². The summed E-state index contributed by atoms with van der Waals surface area (Å²) in [7, 11) is 0. The van der Waals surface area contributed by atoms with Crippen molar-refractivity contribution in [3.8, 4) is 5.75 Å². The van der Waals surface area contributed by atoms with Crippen LogP contribution in [-0.2, 0) is 17.6 Å². The van der Waals surface area contributed by atoms with Crippen LogP contribution in [0.5, 0.6) is 5.75 Å². The van der Waals surface area contributed by atoms with Crippen LogP contribution in [-0.4, -0.2) is 27.4 Å². The Hall–Kier alpha value is -4.07. The molecule has 4 rings (SSSR count). The lowest BCUT2D eigenvalue weighted by molar-refractivity contribution is -0.139. The van der Waals surface area contributed by atoms with Gasteiger partial charge in [-0.05, 0) is 85.2 Å². The molecule has 2 aromatic heterocycles. The molecule has 1 atom stereocenters. The maximum Gasteiger partial charge on any atom is 0.389 e. The van der Waals surface area contributed by atoms with E-state index in [4.69, 9.17) is 9.84 Å². The molecule has 5 nitrogen and oxygen atoms in total. The molecule has 8 heteroatoms. The predicted octanol–water partition coefficient (Wildman–Crippen LogP) is 8.24. The van der Waals surface area contributed by atoms with Gasteiger partial charge in [0.2, 0.25) is 0 Å². The van der Waals surface area contributed by atoms with E-state index in [1.165, 1.54) is 0 Å². The fourth-order valence-electron chi connectivity index (χ4n) is 4.95. The van der Waals surface area contributed by atoms with Crippen molar-refractivity contribution in [1.82, 2.24) is 4.40 Å². The molecule has 1 N–H and O–H groups in total. The van der Waals surface area contributed by atoms with Gasteiger partial charge in [0.05, 0.1) is 5.52 Å². The van der Waals surface area contributed by atoms with E-state index in [0.29, 0.717) is 41.2 Å². The Morgan fingerprint density at radius 2 is 1.68 bits per heavy atom. The van der Waals surface area contributed by atoms with Crippen molar-refractivity contribution in [3.05, 3.63) is 107 Å². The summed E-state index contributed by atoms with van der Waals surface area (Å²) in [5.41, 5.74) is 4.25. The first-order valence-electron chi connectivity index (χ1n) is 13.8. The molecular formula is C33H34F3NO4. The molecule has 0 bridgehead atoms. The van der Waals surface area contributed by atoms with E-state index < -0.39 is 24.7 Å². The van der Waals surface area contributed by atoms with Gasteiger partial charge >= 0.3 is 12.1 Å². The Kier molecular flexibility index (Phi) is 9.53. The number of aryl methyl sites for hydroxylation is 1. The van der Waals surface area contributed by atoms with E-state index in [-0.39, 0.29) is 18.6 Å². The van der Waals surface area contributed by atoms with Crippen LogP contribution in [0.1, 0.15) is 78.4 Å². The molecule has 0 spiro atoms. The van der Waals surface area contributed by atoms with Gasteiger partial charge in [-0.1, -0.05) is 44.2 Å². The number of carboxylic acid groups (broad SMARTS) is 1. The third-order valence-corrected chi connectivity index (χ3v) is 6.90. The highest BCUT2D eigenvalue weighted by molar-refractivity contribution is 6.13. The number of halogens is 3. The number of ketones is 1. The number of aromatic nitrogens is 1. The SMILES string of the molecule is CC(C)Cc1ccc(C(CCC(F)(F)F)Oc2ccc(C(=O)c3cc(CCCC(=O)O)n4ccccc34)cc2)cc1. The predicted molar refractivity (Wildman–Crippen MR) is 151 cm³/mol. The number of carbonyl (C=O) groups is 2. The highest BCUT2D eigenvalue weighted by atomic mass is 19.4. The number of fused-ring (bicyclic) bond motifs is 1. The number of hydrogen-bond acceptors (Lipinski definition) is 3. The first kappa shape index (κ1) is 29.9. The lowest BCUT2D eigenvalue weighted by Crippen LogP contribution is -2.14. The van der Waals surface area contributed by atoms with Gasteiger partial charge in [-0.25, -0.2) is 0 Å². The molecule has 0 aliphatic carbocycles. The molecule has 41 heavy (non-hydrogen) atoms. The monoisotopic (exact) mass is 565 g/mol. The van der Waals surface area contributed by atoms with Crippen LogP contribution in [0, 0.1) is 5.92 Å². The van der Waals surface area contributed by atoms with Gasteiger partial charge in [0.1, 0.15) is 11.9 Å². The quantitative estimate of drug-likeness (QED) is 0.166. The summed E-state index contributed by atoms with van der Waals surface area (Å²) in [5, 5.41) is 8.97. The Morgan fingerprint density at radius 3 is 2.32 bits per heavy atom. The normalized spacial score (nSPS) is 12.5. The maximum absolute atomic E-state index is 13.5. The average molecular weight is 566 g/mol. The van der Waals surface area contributed by atoms with Crippen LogP contribution in [0.2, 0.25) is 0 Å². The number of benzene rings is 2. The zero-order valence-electron chi connectivity index (χ0n) is 23.2. The Bertz CT molecular complexity index is 1470. The number of hydrogen-bond donors (Lipinski definition) is 1. The number of ether oxygens (including phenoxy) is 1. The summed E-state index contributed by atoms with van der Waals surface area (Å²) in [6.07, 6.45) is -2.58. The van der Waals surface area contributed by atoms with Crippen LogP contribution in [0.15, 0.2) is 79.0 Å². The van der Waals surface area contributed by atoms with Crippen LogP contribution >= 0.6 is 0 Å². The van der Waals surface area contributed by atoms with Gasteiger partial charge in [0, 0.05) is 35.9 Å².